The van der Waals surface area contributed by atoms with Gasteiger partial charge in [-0.3, -0.25) is 14.5 Å². The molecule has 3 N–H and O–H groups in total. The monoisotopic (exact) mass is 431 g/mol. The van der Waals surface area contributed by atoms with E-state index in [4.69, 9.17) is 5.73 Å². The zero-order valence-corrected chi connectivity index (χ0v) is 18.6. The van der Waals surface area contributed by atoms with Gasteiger partial charge in [-0.2, -0.15) is 0 Å². The normalized spacial score (nSPS) is 21.2. The number of allylic oxidation sites excluding steroid dienone is 1. The number of hydrogen-bond donors (Lipinski definition) is 2. The molecule has 3 heterocycles. The number of anilines is 1. The van der Waals surface area contributed by atoms with E-state index in [1.807, 2.05) is 0 Å². The number of rotatable bonds is 6. The molecule has 0 spiro atoms. The molecule has 1 aromatic heterocycles. The summed E-state index contributed by atoms with van der Waals surface area (Å²) >= 11 is 2.43. The molecule has 2 aliphatic rings. The van der Waals surface area contributed by atoms with E-state index in [1.165, 1.54) is 30.3 Å². The van der Waals surface area contributed by atoms with E-state index in [-0.39, 0.29) is 51.8 Å². The number of carbonyl (C=O) groups is 3. The standard InChI is InChI=1S/C15H15N5O5S2.Na/c1-3-6-4-26-13-9(12(22)20(13)10(6)14(23)24)18-11(21)8(19-25-2)7-5-27-15(16)17-7;/h3,5,9,13H,1,4H2,2H3,(H2,16,17)(H,18,21)(H,23,24);/q;+1/p-1/b19-8-;. The average Bonchev–Trinajstić information content (AvgIpc) is 3.08. The number of hydrogen-bond acceptors (Lipinski definition) is 10. The van der Waals surface area contributed by atoms with Crippen LogP contribution in [0.2, 0.25) is 0 Å². The van der Waals surface area contributed by atoms with Gasteiger partial charge in [0.05, 0.1) is 11.7 Å². The number of carboxylic acid groups (broad SMARTS) is 1. The van der Waals surface area contributed by atoms with Crippen molar-refractivity contribution < 1.29 is 53.9 Å². The molecule has 0 bridgehead atoms. The molecular weight excluding hydrogens is 417 g/mol. The van der Waals surface area contributed by atoms with Gasteiger partial charge in [-0.05, 0) is 5.57 Å². The van der Waals surface area contributed by atoms with Crippen molar-refractivity contribution in [3.05, 3.63) is 35.0 Å². The summed E-state index contributed by atoms with van der Waals surface area (Å²) in [6, 6.07) is -0.916. The van der Waals surface area contributed by atoms with Gasteiger partial charge in [0.15, 0.2) is 10.8 Å². The molecule has 2 aliphatic heterocycles. The first-order valence-corrected chi connectivity index (χ1v) is 9.46. The van der Waals surface area contributed by atoms with E-state index in [0.29, 0.717) is 11.3 Å². The maximum absolute atomic E-state index is 12.6. The zero-order chi connectivity index (χ0) is 19.7. The summed E-state index contributed by atoms with van der Waals surface area (Å²) in [5, 5.41) is 18.8. The third-order valence-corrected chi connectivity index (χ3v) is 5.86. The summed E-state index contributed by atoms with van der Waals surface area (Å²) in [5.74, 6) is -2.38. The van der Waals surface area contributed by atoms with Crippen LogP contribution in [-0.2, 0) is 19.2 Å². The van der Waals surface area contributed by atoms with Crippen molar-refractivity contribution in [2.45, 2.75) is 11.4 Å². The van der Waals surface area contributed by atoms with Gasteiger partial charge in [0.25, 0.3) is 11.8 Å². The number of carbonyl (C=O) groups excluding carboxylic acids is 3. The Morgan fingerprint density at radius 3 is 2.82 bits per heavy atom. The third-order valence-electron chi connectivity index (χ3n) is 3.89. The van der Waals surface area contributed by atoms with E-state index in [0.717, 1.165) is 16.2 Å². The van der Waals surface area contributed by atoms with Gasteiger partial charge >= 0.3 is 29.6 Å². The van der Waals surface area contributed by atoms with Crippen molar-refractivity contribution >= 4 is 51.7 Å². The number of nitrogens with one attached hydrogen (secondary N) is 1. The summed E-state index contributed by atoms with van der Waals surface area (Å²) in [6.45, 7) is 3.56. The van der Waals surface area contributed by atoms with Crippen molar-refractivity contribution in [1.82, 2.24) is 15.2 Å². The number of carboxylic acids is 1. The van der Waals surface area contributed by atoms with E-state index >= 15 is 0 Å². The minimum Gasteiger partial charge on any atom is -0.543 e. The van der Waals surface area contributed by atoms with Crippen LogP contribution in [-0.4, -0.2) is 57.7 Å². The quantitative estimate of drug-likeness (QED) is 0.199. The van der Waals surface area contributed by atoms with Crippen LogP contribution < -0.4 is 45.7 Å². The molecule has 13 heteroatoms. The third kappa shape index (κ3) is 3.96. The molecule has 1 saturated heterocycles. The fraction of sp³-hybridized carbons (Fsp3) is 0.267. The SMILES string of the molecule is C=CC1=C(C(=O)[O-])N2C(=O)C(NC(=O)/C(=N\OC)c3csc(N)n3)C2SC1.[Na+]. The predicted molar refractivity (Wildman–Crippen MR) is 97.3 cm³/mol. The molecular formula is C15H14N5NaO5S2. The Labute approximate surface area is 190 Å². The molecule has 1 fully saturated rings. The Morgan fingerprint density at radius 2 is 2.29 bits per heavy atom. The fourth-order valence-corrected chi connectivity index (χ4v) is 4.58. The number of aliphatic carboxylic acids is 1. The molecule has 2 unspecified atom stereocenters. The molecule has 0 aromatic carbocycles. The summed E-state index contributed by atoms with van der Waals surface area (Å²) < 4.78 is 0. The molecule has 2 atom stereocenters. The summed E-state index contributed by atoms with van der Waals surface area (Å²) in [4.78, 5) is 46.2. The summed E-state index contributed by atoms with van der Waals surface area (Å²) in [7, 11) is 1.27. The van der Waals surface area contributed by atoms with E-state index in [9.17, 15) is 19.5 Å². The number of nitrogens with zero attached hydrogens (tertiary/aromatic N) is 3. The van der Waals surface area contributed by atoms with Gasteiger partial charge in [0.2, 0.25) is 0 Å². The maximum atomic E-state index is 12.6. The van der Waals surface area contributed by atoms with Gasteiger partial charge in [-0.15, -0.1) is 23.1 Å². The second-order valence-electron chi connectivity index (χ2n) is 5.42. The minimum atomic E-state index is -1.46. The van der Waals surface area contributed by atoms with Crippen molar-refractivity contribution in [2.24, 2.45) is 5.16 Å². The number of β-lactam (4-membered cyclic amide) rings is 1. The number of oxime groups is 1. The Morgan fingerprint density at radius 1 is 1.57 bits per heavy atom. The second kappa shape index (κ2) is 9.09. The molecule has 28 heavy (non-hydrogen) atoms. The van der Waals surface area contributed by atoms with Gasteiger partial charge in [-0.1, -0.05) is 17.8 Å². The van der Waals surface area contributed by atoms with Gasteiger partial charge in [0.1, 0.15) is 24.2 Å². The zero-order valence-electron chi connectivity index (χ0n) is 15.0. The number of nitrogens with two attached hydrogens (primary N) is 1. The largest absolute Gasteiger partial charge is 1.00 e. The fourth-order valence-electron chi connectivity index (χ4n) is 2.69. The van der Waals surface area contributed by atoms with Crippen LogP contribution in [0.1, 0.15) is 5.69 Å². The van der Waals surface area contributed by atoms with Crippen LogP contribution in [0.25, 0.3) is 0 Å². The number of amides is 2. The van der Waals surface area contributed by atoms with Crippen LogP contribution in [0, 0.1) is 0 Å². The van der Waals surface area contributed by atoms with Crippen molar-refractivity contribution in [1.29, 1.82) is 0 Å². The minimum absolute atomic E-state index is 0. The number of thioether (sulfide) groups is 1. The molecule has 3 rings (SSSR count). The van der Waals surface area contributed by atoms with Crippen LogP contribution in [0.5, 0.6) is 0 Å². The average molecular weight is 431 g/mol. The topological polar surface area (TPSA) is 150 Å². The molecule has 0 aliphatic carbocycles. The summed E-state index contributed by atoms with van der Waals surface area (Å²) in [5.41, 5.74) is 5.82. The number of thiazole rings is 1. The van der Waals surface area contributed by atoms with Crippen molar-refractivity contribution in [3.8, 4) is 0 Å². The van der Waals surface area contributed by atoms with Crippen molar-refractivity contribution in [2.75, 3.05) is 18.6 Å². The van der Waals surface area contributed by atoms with E-state index < -0.39 is 29.2 Å². The Bertz CT molecular complexity index is 899. The molecule has 142 valence electrons. The maximum Gasteiger partial charge on any atom is 1.00 e. The van der Waals surface area contributed by atoms with Crippen LogP contribution in [0.15, 0.2) is 34.5 Å². The summed E-state index contributed by atoms with van der Waals surface area (Å²) in [6.07, 6.45) is 1.38. The van der Waals surface area contributed by atoms with Crippen LogP contribution in [0.4, 0.5) is 5.13 Å². The number of aromatic nitrogens is 1. The molecule has 0 radical (unpaired) electrons. The molecule has 2 amide bonds. The molecule has 0 saturated carbocycles. The van der Waals surface area contributed by atoms with E-state index in [1.54, 1.807) is 0 Å². The first-order valence-electron chi connectivity index (χ1n) is 7.54. The first kappa shape index (κ1) is 22.4. The van der Waals surface area contributed by atoms with Crippen LogP contribution in [0.3, 0.4) is 0 Å². The van der Waals surface area contributed by atoms with Gasteiger partial charge in [-0.25, -0.2) is 4.98 Å². The Balaban J connectivity index is 0.00000280. The number of fused-ring (bicyclic) bond motifs is 1. The Hall–Kier alpha value is -1.86. The van der Waals surface area contributed by atoms with Gasteiger partial charge < -0.3 is 25.8 Å². The molecule has 10 nitrogen and oxygen atoms in total. The van der Waals surface area contributed by atoms with Crippen LogP contribution >= 0.6 is 23.1 Å². The predicted octanol–water partition coefficient (Wildman–Crippen LogP) is -4.33. The first-order chi connectivity index (χ1) is 12.9. The van der Waals surface area contributed by atoms with E-state index in [2.05, 4.69) is 26.9 Å². The van der Waals surface area contributed by atoms with Gasteiger partial charge in [0, 0.05) is 11.1 Å². The number of nitrogen functional groups attached to an aromatic ring is 1. The molecule has 1 aromatic rings. The smallest absolute Gasteiger partial charge is 0.543 e. The van der Waals surface area contributed by atoms with Crippen molar-refractivity contribution in [3.63, 3.8) is 0 Å². The second-order valence-corrected chi connectivity index (χ2v) is 7.41. The Kier molecular flexibility index (Phi) is 7.28.